The molecule has 0 aliphatic carbocycles. The Hall–Kier alpha value is -3.42. The highest BCUT2D eigenvalue weighted by Gasteiger charge is 2.13. The summed E-state index contributed by atoms with van der Waals surface area (Å²) >= 11 is 0. The van der Waals surface area contributed by atoms with Gasteiger partial charge in [0, 0.05) is 22.9 Å². The average Bonchev–Trinajstić information content (AvgIpc) is 2.53. The van der Waals surface area contributed by atoms with Gasteiger partial charge >= 0.3 is 0 Å². The first-order chi connectivity index (χ1) is 11.4. The number of hydrogen-bond acceptors (Lipinski definition) is 6. The highest BCUT2D eigenvalue weighted by molar-refractivity contribution is 6.04. The summed E-state index contributed by atoms with van der Waals surface area (Å²) in [6, 6.07) is 10.2. The lowest BCUT2D eigenvalue weighted by atomic mass is 10.1. The topological polar surface area (TPSA) is 122 Å². The molecule has 0 fully saturated rings. The van der Waals surface area contributed by atoms with Gasteiger partial charge in [0.15, 0.2) is 0 Å². The zero-order valence-corrected chi connectivity index (χ0v) is 12.6. The predicted octanol–water partition coefficient (Wildman–Crippen LogP) is 1.28. The Kier molecular flexibility index (Phi) is 5.10. The van der Waals surface area contributed by atoms with E-state index in [1.807, 2.05) is 0 Å². The number of carboxylic acid groups (broad SMARTS) is 1. The van der Waals surface area contributed by atoms with Crippen LogP contribution < -0.4 is 15.2 Å². The molecular formula is C16H13N2O6-. The van der Waals surface area contributed by atoms with E-state index >= 15 is 0 Å². The van der Waals surface area contributed by atoms with E-state index in [4.69, 9.17) is 4.74 Å². The summed E-state index contributed by atoms with van der Waals surface area (Å²) in [5.74, 6) is -1.43. The Morgan fingerprint density at radius 3 is 2.38 bits per heavy atom. The van der Waals surface area contributed by atoms with Gasteiger partial charge in [-0.25, -0.2) is 0 Å². The molecule has 8 nitrogen and oxygen atoms in total. The first-order valence-corrected chi connectivity index (χ1v) is 6.86. The number of rotatable bonds is 6. The standard InChI is InChI=1S/C16H14N2O6/c1-10-8-11(2-7-14(10)18(22)23)16(21)17-12-3-5-13(6-4-12)24-9-15(19)20/h2-8H,9H2,1H3,(H,17,21)(H,19,20)/p-1. The van der Waals surface area contributed by atoms with Gasteiger partial charge in [-0.05, 0) is 43.3 Å². The Morgan fingerprint density at radius 1 is 1.17 bits per heavy atom. The third-order valence-corrected chi connectivity index (χ3v) is 3.12. The lowest BCUT2D eigenvalue weighted by Gasteiger charge is -2.09. The van der Waals surface area contributed by atoms with Crippen LogP contribution in [0.5, 0.6) is 5.75 Å². The fourth-order valence-corrected chi connectivity index (χ4v) is 1.98. The second-order valence-electron chi connectivity index (χ2n) is 4.90. The molecule has 2 aromatic rings. The van der Waals surface area contributed by atoms with E-state index in [-0.39, 0.29) is 11.3 Å². The largest absolute Gasteiger partial charge is 0.546 e. The quantitative estimate of drug-likeness (QED) is 0.629. The molecule has 24 heavy (non-hydrogen) atoms. The average molecular weight is 329 g/mol. The number of aliphatic carboxylic acids is 1. The number of hydrogen-bond donors (Lipinski definition) is 1. The van der Waals surface area contributed by atoms with Gasteiger partial charge in [-0.1, -0.05) is 0 Å². The van der Waals surface area contributed by atoms with Gasteiger partial charge in [0.2, 0.25) is 0 Å². The molecule has 0 spiro atoms. The summed E-state index contributed by atoms with van der Waals surface area (Å²) in [6.07, 6.45) is 0. The Morgan fingerprint density at radius 2 is 1.83 bits per heavy atom. The van der Waals surface area contributed by atoms with Gasteiger partial charge in [0.1, 0.15) is 12.4 Å². The van der Waals surface area contributed by atoms with Crippen LogP contribution in [-0.4, -0.2) is 23.4 Å². The van der Waals surface area contributed by atoms with Crippen molar-refractivity contribution in [3.05, 3.63) is 63.7 Å². The molecule has 0 aliphatic heterocycles. The fourth-order valence-electron chi connectivity index (χ4n) is 1.98. The van der Waals surface area contributed by atoms with Crippen molar-refractivity contribution in [1.29, 1.82) is 0 Å². The van der Waals surface area contributed by atoms with Gasteiger partial charge in [0.25, 0.3) is 11.6 Å². The zero-order chi connectivity index (χ0) is 17.7. The maximum atomic E-state index is 12.1. The number of carbonyl (C=O) groups excluding carboxylic acids is 2. The summed E-state index contributed by atoms with van der Waals surface area (Å²) < 4.78 is 4.92. The van der Waals surface area contributed by atoms with Gasteiger partial charge in [-0.15, -0.1) is 0 Å². The van der Waals surface area contributed by atoms with Crippen LogP contribution in [0.4, 0.5) is 11.4 Å². The Bertz CT molecular complexity index is 786. The van der Waals surface area contributed by atoms with Crippen molar-refractivity contribution in [3.63, 3.8) is 0 Å². The minimum atomic E-state index is -1.33. The summed E-state index contributed by atoms with van der Waals surface area (Å²) in [4.78, 5) is 32.7. The molecule has 2 aromatic carbocycles. The van der Waals surface area contributed by atoms with Gasteiger partial charge in [-0.3, -0.25) is 14.9 Å². The van der Waals surface area contributed by atoms with Crippen LogP contribution in [-0.2, 0) is 4.79 Å². The molecule has 124 valence electrons. The molecule has 2 rings (SSSR count). The molecule has 1 N–H and O–H groups in total. The van der Waals surface area contributed by atoms with E-state index < -0.39 is 23.4 Å². The van der Waals surface area contributed by atoms with Crippen molar-refractivity contribution in [2.75, 3.05) is 11.9 Å². The van der Waals surface area contributed by atoms with Crippen molar-refractivity contribution in [1.82, 2.24) is 0 Å². The van der Waals surface area contributed by atoms with E-state index in [1.54, 1.807) is 19.1 Å². The van der Waals surface area contributed by atoms with Crippen molar-refractivity contribution < 1.29 is 24.4 Å². The monoisotopic (exact) mass is 329 g/mol. The number of anilines is 1. The lowest BCUT2D eigenvalue weighted by molar-refractivity contribution is -0.385. The smallest absolute Gasteiger partial charge is 0.272 e. The van der Waals surface area contributed by atoms with E-state index in [0.29, 0.717) is 17.0 Å². The number of nitro benzene ring substituents is 1. The molecule has 0 radical (unpaired) electrons. The van der Waals surface area contributed by atoms with Crippen LogP contribution in [0.3, 0.4) is 0 Å². The normalized spacial score (nSPS) is 10.0. The number of nitrogens with zero attached hydrogens (tertiary/aromatic N) is 1. The molecule has 1 amide bonds. The fraction of sp³-hybridized carbons (Fsp3) is 0.125. The number of carboxylic acids is 1. The van der Waals surface area contributed by atoms with Crippen molar-refractivity contribution in [2.45, 2.75) is 6.92 Å². The summed E-state index contributed by atoms with van der Waals surface area (Å²) in [7, 11) is 0. The molecule has 0 unspecified atom stereocenters. The van der Waals surface area contributed by atoms with Crippen LogP contribution in [0, 0.1) is 17.0 Å². The van der Waals surface area contributed by atoms with Crippen LogP contribution in [0.2, 0.25) is 0 Å². The van der Waals surface area contributed by atoms with Crippen LogP contribution in [0.25, 0.3) is 0 Å². The third-order valence-electron chi connectivity index (χ3n) is 3.12. The maximum Gasteiger partial charge on any atom is 0.272 e. The summed E-state index contributed by atoms with van der Waals surface area (Å²) in [6.45, 7) is 0.992. The first-order valence-electron chi connectivity index (χ1n) is 6.86. The van der Waals surface area contributed by atoms with Crippen molar-refractivity contribution in [2.24, 2.45) is 0 Å². The number of ether oxygens (including phenoxy) is 1. The molecule has 0 heterocycles. The number of benzene rings is 2. The number of nitrogens with one attached hydrogen (secondary N) is 1. The zero-order valence-electron chi connectivity index (χ0n) is 12.6. The van der Waals surface area contributed by atoms with Crippen LogP contribution in [0.1, 0.15) is 15.9 Å². The minimum Gasteiger partial charge on any atom is -0.546 e. The summed E-state index contributed by atoms with van der Waals surface area (Å²) in [5, 5.41) is 23.7. The van der Waals surface area contributed by atoms with Gasteiger partial charge in [-0.2, -0.15) is 0 Å². The van der Waals surface area contributed by atoms with Gasteiger partial charge < -0.3 is 20.0 Å². The molecule has 0 aromatic heterocycles. The van der Waals surface area contributed by atoms with Crippen molar-refractivity contribution >= 4 is 23.3 Å². The van der Waals surface area contributed by atoms with E-state index in [9.17, 15) is 24.8 Å². The highest BCUT2D eigenvalue weighted by atomic mass is 16.6. The lowest BCUT2D eigenvalue weighted by Crippen LogP contribution is -2.28. The Balaban J connectivity index is 2.05. The predicted molar refractivity (Wildman–Crippen MR) is 82.7 cm³/mol. The Labute approximate surface area is 136 Å². The number of nitro groups is 1. The van der Waals surface area contributed by atoms with Gasteiger partial charge in [0.05, 0.1) is 10.9 Å². The van der Waals surface area contributed by atoms with Crippen LogP contribution >= 0.6 is 0 Å². The summed E-state index contributed by atoms with van der Waals surface area (Å²) in [5.41, 5.74) is 1.09. The number of aryl methyl sites for hydroxylation is 1. The molecule has 0 bridgehead atoms. The molecule has 0 saturated carbocycles. The minimum absolute atomic E-state index is 0.0547. The molecule has 0 atom stereocenters. The van der Waals surface area contributed by atoms with Crippen LogP contribution in [0.15, 0.2) is 42.5 Å². The van der Waals surface area contributed by atoms with E-state index in [1.165, 1.54) is 30.3 Å². The molecular weight excluding hydrogens is 316 g/mol. The highest BCUT2D eigenvalue weighted by Crippen LogP contribution is 2.20. The van der Waals surface area contributed by atoms with E-state index in [0.717, 1.165) is 0 Å². The maximum absolute atomic E-state index is 12.1. The number of carbonyl (C=O) groups is 2. The number of amides is 1. The molecule has 0 aliphatic rings. The SMILES string of the molecule is Cc1cc(C(=O)Nc2ccc(OCC(=O)[O-])cc2)ccc1[N+](=O)[O-]. The molecule has 8 heteroatoms. The first kappa shape index (κ1) is 16.9. The van der Waals surface area contributed by atoms with E-state index in [2.05, 4.69) is 5.32 Å². The molecule has 0 saturated heterocycles. The van der Waals surface area contributed by atoms with Crippen molar-refractivity contribution in [3.8, 4) is 5.75 Å². The second-order valence-corrected chi connectivity index (χ2v) is 4.90. The third kappa shape index (κ3) is 4.29. The second kappa shape index (κ2) is 7.23.